The van der Waals surface area contributed by atoms with Crippen LogP contribution in [0.2, 0.25) is 0 Å². The van der Waals surface area contributed by atoms with Gasteiger partial charge in [0.2, 0.25) is 11.8 Å². The van der Waals surface area contributed by atoms with Crippen molar-refractivity contribution >= 4 is 17.9 Å². The number of rotatable bonds is 11. The van der Waals surface area contributed by atoms with Crippen molar-refractivity contribution < 1.29 is 33.7 Å². The van der Waals surface area contributed by atoms with Gasteiger partial charge in [0.05, 0.1) is 38.7 Å². The number of ether oxygens (including phenoxy) is 3. The number of hydrogen-bond donors (Lipinski definition) is 2. The van der Waals surface area contributed by atoms with Gasteiger partial charge in [-0.15, -0.1) is 0 Å². The van der Waals surface area contributed by atoms with Crippen molar-refractivity contribution in [3.63, 3.8) is 0 Å². The number of aliphatic hydroxyl groups is 1. The average molecular weight is 562 g/mol. The first-order valence-corrected chi connectivity index (χ1v) is 14.2. The van der Waals surface area contributed by atoms with Gasteiger partial charge >= 0.3 is 6.09 Å². The molecule has 2 N–H and O–H groups in total. The fraction of sp³-hybridized carbons (Fsp3) is 0.700. The zero-order valence-electron chi connectivity index (χ0n) is 25.1. The Labute approximate surface area is 238 Å². The molecule has 2 aliphatic rings. The fourth-order valence-electron chi connectivity index (χ4n) is 5.17. The second-order valence-corrected chi connectivity index (χ2v) is 12.5. The van der Waals surface area contributed by atoms with Crippen LogP contribution in [0.15, 0.2) is 18.2 Å². The summed E-state index contributed by atoms with van der Waals surface area (Å²) in [7, 11) is 3.17. The molecule has 1 saturated heterocycles. The smallest absolute Gasteiger partial charge is 0.410 e. The number of carbonyl (C=O) groups is 3. The van der Waals surface area contributed by atoms with Gasteiger partial charge < -0.3 is 34.4 Å². The third-order valence-corrected chi connectivity index (χ3v) is 7.18. The third-order valence-electron chi connectivity index (χ3n) is 7.18. The van der Waals surface area contributed by atoms with Crippen molar-refractivity contribution in [3.05, 3.63) is 23.8 Å². The van der Waals surface area contributed by atoms with Crippen LogP contribution >= 0.6 is 0 Å². The zero-order chi connectivity index (χ0) is 29.6. The minimum Gasteiger partial charge on any atom is -0.497 e. The number of aliphatic hydroxyl groups excluding tert-OH is 1. The molecule has 3 amide bonds. The summed E-state index contributed by atoms with van der Waals surface area (Å²) in [5, 5.41) is 12.8. The van der Waals surface area contributed by atoms with Crippen molar-refractivity contribution in [3.8, 4) is 11.5 Å². The number of likely N-dealkylation sites (tertiary alicyclic amines) is 1. The Kier molecular flexibility index (Phi) is 10.7. The summed E-state index contributed by atoms with van der Waals surface area (Å²) in [6.07, 6.45) is 2.22. The van der Waals surface area contributed by atoms with Crippen molar-refractivity contribution in [1.82, 2.24) is 15.1 Å². The number of methoxy groups -OCH3 is 2. The Balaban J connectivity index is 1.84. The minimum absolute atomic E-state index is 0.0868. The fourth-order valence-corrected chi connectivity index (χ4v) is 5.17. The Morgan fingerprint density at radius 1 is 1.05 bits per heavy atom. The third kappa shape index (κ3) is 9.01. The second-order valence-electron chi connectivity index (χ2n) is 12.5. The molecular weight excluding hydrogens is 514 g/mol. The molecule has 3 atom stereocenters. The van der Waals surface area contributed by atoms with Gasteiger partial charge in [-0.05, 0) is 70.1 Å². The first-order chi connectivity index (χ1) is 18.8. The quantitative estimate of drug-likeness (QED) is 0.424. The van der Waals surface area contributed by atoms with Crippen molar-refractivity contribution in [1.29, 1.82) is 0 Å². The van der Waals surface area contributed by atoms with Gasteiger partial charge in [0.1, 0.15) is 17.1 Å². The highest BCUT2D eigenvalue weighted by Crippen LogP contribution is 2.34. The molecule has 2 fully saturated rings. The summed E-state index contributed by atoms with van der Waals surface area (Å²) in [6, 6.07) is 5.29. The Bertz CT molecular complexity index is 1010. The van der Waals surface area contributed by atoms with Crippen LogP contribution in [0.5, 0.6) is 11.5 Å². The molecule has 0 radical (unpaired) electrons. The van der Waals surface area contributed by atoms with Crippen molar-refractivity contribution in [2.75, 3.05) is 33.9 Å². The van der Waals surface area contributed by atoms with E-state index in [1.807, 2.05) is 30.9 Å². The summed E-state index contributed by atoms with van der Waals surface area (Å²) < 4.78 is 16.4. The lowest BCUT2D eigenvalue weighted by atomic mass is 9.87. The monoisotopic (exact) mass is 561 g/mol. The first kappa shape index (κ1) is 31.5. The molecule has 0 aromatic heterocycles. The van der Waals surface area contributed by atoms with E-state index >= 15 is 0 Å². The van der Waals surface area contributed by atoms with Crippen LogP contribution in [0, 0.1) is 17.8 Å². The van der Waals surface area contributed by atoms with E-state index in [0.717, 1.165) is 18.4 Å². The van der Waals surface area contributed by atoms with Gasteiger partial charge in [-0.25, -0.2) is 4.79 Å². The van der Waals surface area contributed by atoms with E-state index in [1.165, 1.54) is 4.90 Å². The average Bonchev–Trinajstić information content (AvgIpc) is 3.74. The molecule has 0 bridgehead atoms. The van der Waals surface area contributed by atoms with E-state index in [1.54, 1.807) is 41.1 Å². The number of carbonyl (C=O) groups excluding carboxylic acids is 3. The Morgan fingerprint density at radius 2 is 1.65 bits per heavy atom. The van der Waals surface area contributed by atoms with Gasteiger partial charge in [-0.2, -0.15) is 0 Å². The molecular formula is C30H47N3O7. The normalized spacial score (nSPS) is 20.1. The van der Waals surface area contributed by atoms with Gasteiger partial charge in [0.25, 0.3) is 0 Å². The molecule has 1 aliphatic carbocycles. The topological polar surface area (TPSA) is 118 Å². The van der Waals surface area contributed by atoms with Crippen molar-refractivity contribution in [2.24, 2.45) is 17.8 Å². The summed E-state index contributed by atoms with van der Waals surface area (Å²) in [5.41, 5.74) is 0.168. The molecule has 10 heteroatoms. The highest BCUT2D eigenvalue weighted by molar-refractivity contribution is 5.84. The predicted molar refractivity (Wildman–Crippen MR) is 151 cm³/mol. The molecule has 1 aromatic rings. The van der Waals surface area contributed by atoms with Crippen LogP contribution < -0.4 is 14.8 Å². The molecule has 1 heterocycles. The van der Waals surface area contributed by atoms with Crippen LogP contribution in [0.4, 0.5) is 4.79 Å². The van der Waals surface area contributed by atoms with Crippen LogP contribution in [-0.2, 0) is 20.9 Å². The second kappa shape index (κ2) is 13.6. The van der Waals surface area contributed by atoms with Crippen molar-refractivity contribution in [2.45, 2.75) is 84.5 Å². The first-order valence-electron chi connectivity index (χ1n) is 14.2. The lowest BCUT2D eigenvalue weighted by Crippen LogP contribution is -2.54. The maximum atomic E-state index is 14.1. The number of nitrogens with one attached hydrogen (secondary N) is 1. The van der Waals surface area contributed by atoms with E-state index in [0.29, 0.717) is 36.8 Å². The predicted octanol–water partition coefficient (Wildman–Crippen LogP) is 3.59. The standard InChI is InChI=1S/C30H47N3O7/c1-19(2)10-23(18-34)31-27(35)21-13-22(17-32(16-21)29(37)40-30(3,4)5)28(36)33(24-8-9-24)15-20-11-25(38-6)14-26(12-20)39-7/h11-12,14,19,21-24,34H,8-10,13,15-18H2,1-7H3,(H,31,35)/t21-,22+,23?/m0/s1. The number of amides is 3. The van der Waals surface area contributed by atoms with Crippen LogP contribution in [-0.4, -0.2) is 84.4 Å². The molecule has 1 saturated carbocycles. The molecule has 0 spiro atoms. The van der Waals surface area contributed by atoms with E-state index in [-0.39, 0.29) is 43.6 Å². The molecule has 10 nitrogen and oxygen atoms in total. The summed E-state index contributed by atoms with van der Waals surface area (Å²) in [4.78, 5) is 43.9. The lowest BCUT2D eigenvalue weighted by Gasteiger charge is -2.39. The SMILES string of the molecule is COc1cc(CN(C(=O)[C@@H]2C[C@H](C(=O)NC(CO)CC(C)C)CN(C(=O)OC(C)(C)C)C2)C2CC2)cc(OC)c1. The van der Waals surface area contributed by atoms with Gasteiger partial charge in [0.15, 0.2) is 0 Å². The van der Waals surface area contributed by atoms with Crippen LogP contribution in [0.3, 0.4) is 0 Å². The maximum Gasteiger partial charge on any atom is 0.410 e. The van der Waals surface area contributed by atoms with E-state index in [9.17, 15) is 19.5 Å². The van der Waals surface area contributed by atoms with Gasteiger partial charge in [-0.1, -0.05) is 13.8 Å². The molecule has 224 valence electrons. The molecule has 40 heavy (non-hydrogen) atoms. The maximum absolute atomic E-state index is 14.1. The highest BCUT2D eigenvalue weighted by Gasteiger charge is 2.43. The summed E-state index contributed by atoms with van der Waals surface area (Å²) in [5.74, 6) is 0.0548. The van der Waals surface area contributed by atoms with E-state index in [4.69, 9.17) is 14.2 Å². The molecule has 1 aliphatic heterocycles. The minimum atomic E-state index is -0.712. The number of piperidine rings is 1. The number of benzene rings is 1. The van der Waals surface area contributed by atoms with E-state index < -0.39 is 23.5 Å². The Hall–Kier alpha value is -3.01. The largest absolute Gasteiger partial charge is 0.497 e. The summed E-state index contributed by atoms with van der Waals surface area (Å²) >= 11 is 0. The van der Waals surface area contributed by atoms with Crippen LogP contribution in [0.25, 0.3) is 0 Å². The number of hydrogen-bond acceptors (Lipinski definition) is 7. The lowest BCUT2D eigenvalue weighted by molar-refractivity contribution is -0.140. The summed E-state index contributed by atoms with van der Waals surface area (Å²) in [6.45, 7) is 9.95. The van der Waals surface area contributed by atoms with E-state index in [2.05, 4.69) is 5.32 Å². The zero-order valence-corrected chi connectivity index (χ0v) is 25.1. The Morgan fingerprint density at radius 3 is 2.15 bits per heavy atom. The molecule has 1 aromatic carbocycles. The highest BCUT2D eigenvalue weighted by atomic mass is 16.6. The van der Waals surface area contributed by atoms with Gasteiger partial charge in [0, 0.05) is 31.7 Å². The molecule has 3 rings (SSSR count). The molecule has 1 unspecified atom stereocenters. The van der Waals surface area contributed by atoms with Crippen LogP contribution in [0.1, 0.15) is 65.9 Å². The van der Waals surface area contributed by atoms with Gasteiger partial charge in [-0.3, -0.25) is 9.59 Å². The number of nitrogens with zero attached hydrogens (tertiary/aromatic N) is 2.